The molecule has 1 aliphatic rings. The highest BCUT2D eigenvalue weighted by Crippen LogP contribution is 2.18. The average molecular weight is 438 g/mol. The van der Waals surface area contributed by atoms with Crippen molar-refractivity contribution in [3.8, 4) is 0 Å². The Hall–Kier alpha value is -3.30. The third-order valence-electron chi connectivity index (χ3n) is 5.39. The zero-order valence-electron chi connectivity index (χ0n) is 18.1. The Labute approximate surface area is 187 Å². The summed E-state index contributed by atoms with van der Waals surface area (Å²) in [5, 5.41) is 6.48. The number of nitrogens with one attached hydrogen (secondary N) is 3. The first kappa shape index (κ1) is 21.9. The van der Waals surface area contributed by atoms with Gasteiger partial charge in [0.1, 0.15) is 5.82 Å². The van der Waals surface area contributed by atoms with Crippen molar-refractivity contribution in [3.05, 3.63) is 71.5 Å². The van der Waals surface area contributed by atoms with Crippen molar-refractivity contribution >= 4 is 17.8 Å². The molecule has 1 saturated heterocycles. The van der Waals surface area contributed by atoms with Crippen LogP contribution in [0.5, 0.6) is 0 Å². The van der Waals surface area contributed by atoms with Gasteiger partial charge < -0.3 is 10.6 Å². The second-order valence-electron chi connectivity index (χ2n) is 7.74. The first-order valence-corrected chi connectivity index (χ1v) is 10.7. The van der Waals surface area contributed by atoms with Crippen LogP contribution in [-0.2, 0) is 17.9 Å². The van der Waals surface area contributed by atoms with Gasteiger partial charge in [0.05, 0.1) is 7.11 Å². The van der Waals surface area contributed by atoms with E-state index >= 15 is 0 Å². The van der Waals surface area contributed by atoms with Crippen molar-refractivity contribution in [3.63, 3.8) is 0 Å². The van der Waals surface area contributed by atoms with Gasteiger partial charge in [-0.05, 0) is 24.5 Å². The van der Waals surface area contributed by atoms with Crippen LogP contribution in [0.1, 0.15) is 24.0 Å². The number of halogens is 1. The number of piperidine rings is 1. The van der Waals surface area contributed by atoms with Gasteiger partial charge in [0, 0.05) is 37.8 Å². The lowest BCUT2D eigenvalue weighted by molar-refractivity contribution is 0.211. The highest BCUT2D eigenvalue weighted by molar-refractivity contribution is 5.42. The number of nitrogens with zero attached hydrogens (tertiary/aromatic N) is 4. The second kappa shape index (κ2) is 10.8. The predicted molar refractivity (Wildman–Crippen MR) is 123 cm³/mol. The summed E-state index contributed by atoms with van der Waals surface area (Å²) in [5.74, 6) is 0.802. The lowest BCUT2D eigenvalue weighted by Gasteiger charge is -2.32. The molecule has 3 aromatic rings. The molecule has 0 bridgehead atoms. The van der Waals surface area contributed by atoms with Gasteiger partial charge >= 0.3 is 0 Å². The van der Waals surface area contributed by atoms with Crippen molar-refractivity contribution < 1.29 is 9.23 Å². The molecule has 1 aromatic heterocycles. The van der Waals surface area contributed by atoms with Gasteiger partial charge in [-0.15, -0.1) is 0 Å². The third kappa shape index (κ3) is 6.12. The summed E-state index contributed by atoms with van der Waals surface area (Å²) in [6, 6.07) is 17.4. The maximum absolute atomic E-state index is 13.9. The molecule has 32 heavy (non-hydrogen) atoms. The van der Waals surface area contributed by atoms with E-state index < -0.39 is 0 Å². The molecule has 0 radical (unpaired) electrons. The maximum Gasteiger partial charge on any atom is 0.253 e. The van der Waals surface area contributed by atoms with Gasteiger partial charge in [0.2, 0.25) is 11.9 Å². The van der Waals surface area contributed by atoms with E-state index in [-0.39, 0.29) is 24.4 Å². The molecule has 3 N–H and O–H groups in total. The first-order chi connectivity index (χ1) is 15.7. The molecule has 0 amide bonds. The van der Waals surface area contributed by atoms with Gasteiger partial charge in [-0.1, -0.05) is 48.5 Å². The number of benzene rings is 2. The van der Waals surface area contributed by atoms with Crippen LogP contribution in [0.4, 0.5) is 22.2 Å². The van der Waals surface area contributed by atoms with E-state index in [0.717, 1.165) is 32.5 Å². The smallest absolute Gasteiger partial charge is 0.253 e. The molecule has 2 aromatic carbocycles. The lowest BCUT2D eigenvalue weighted by atomic mass is 10.0. The lowest BCUT2D eigenvalue weighted by Crippen LogP contribution is -2.39. The van der Waals surface area contributed by atoms with Crippen LogP contribution >= 0.6 is 0 Å². The van der Waals surface area contributed by atoms with Crippen LogP contribution in [0.3, 0.4) is 0 Å². The summed E-state index contributed by atoms with van der Waals surface area (Å²) in [6.45, 7) is 3.23. The van der Waals surface area contributed by atoms with Crippen LogP contribution in [-0.4, -0.2) is 46.1 Å². The van der Waals surface area contributed by atoms with Crippen molar-refractivity contribution in [2.45, 2.75) is 32.0 Å². The van der Waals surface area contributed by atoms with Gasteiger partial charge in [-0.3, -0.25) is 9.74 Å². The summed E-state index contributed by atoms with van der Waals surface area (Å²) in [7, 11) is 1.49. The molecule has 0 aliphatic carbocycles. The van der Waals surface area contributed by atoms with Crippen LogP contribution in [0.2, 0.25) is 0 Å². The molecule has 0 atom stereocenters. The molecule has 168 valence electrons. The molecular formula is C23H28FN7O. The van der Waals surface area contributed by atoms with E-state index in [1.165, 1.54) is 18.7 Å². The van der Waals surface area contributed by atoms with Crippen LogP contribution in [0.25, 0.3) is 0 Å². The van der Waals surface area contributed by atoms with Crippen LogP contribution < -0.4 is 16.1 Å². The van der Waals surface area contributed by atoms with Gasteiger partial charge in [-0.2, -0.15) is 15.0 Å². The zero-order chi connectivity index (χ0) is 22.2. The molecule has 9 heteroatoms. The fraction of sp³-hybridized carbons (Fsp3) is 0.348. The molecule has 1 fully saturated rings. The monoisotopic (exact) mass is 437 g/mol. The van der Waals surface area contributed by atoms with E-state index in [2.05, 4.69) is 60.2 Å². The van der Waals surface area contributed by atoms with Crippen LogP contribution in [0, 0.1) is 5.82 Å². The predicted octanol–water partition coefficient (Wildman–Crippen LogP) is 3.67. The topological polar surface area (TPSA) is 87.2 Å². The average Bonchev–Trinajstić information content (AvgIpc) is 2.81. The number of hydrogen-bond acceptors (Lipinski definition) is 8. The summed E-state index contributed by atoms with van der Waals surface area (Å²) in [6.07, 6.45) is 1.98. The zero-order valence-corrected chi connectivity index (χ0v) is 18.1. The van der Waals surface area contributed by atoms with Gasteiger partial charge in [0.15, 0.2) is 0 Å². The van der Waals surface area contributed by atoms with E-state index in [0.29, 0.717) is 17.5 Å². The molecule has 8 nitrogen and oxygen atoms in total. The van der Waals surface area contributed by atoms with E-state index in [4.69, 9.17) is 4.84 Å². The van der Waals surface area contributed by atoms with Crippen molar-refractivity contribution in [1.29, 1.82) is 0 Å². The molecule has 4 rings (SSSR count). The van der Waals surface area contributed by atoms with E-state index in [9.17, 15) is 4.39 Å². The van der Waals surface area contributed by atoms with Crippen LogP contribution in [0.15, 0.2) is 54.6 Å². The number of likely N-dealkylation sites (tertiary alicyclic amines) is 1. The molecular weight excluding hydrogens is 409 g/mol. The summed E-state index contributed by atoms with van der Waals surface area (Å²) in [4.78, 5) is 20.5. The Balaban J connectivity index is 1.36. The maximum atomic E-state index is 13.9. The number of hydrogen-bond donors (Lipinski definition) is 3. The Morgan fingerprint density at radius 1 is 0.938 bits per heavy atom. The third-order valence-corrected chi connectivity index (χ3v) is 5.39. The summed E-state index contributed by atoms with van der Waals surface area (Å²) >= 11 is 0. The van der Waals surface area contributed by atoms with Gasteiger partial charge in [-0.25, -0.2) is 9.87 Å². The highest BCUT2D eigenvalue weighted by atomic mass is 19.1. The Morgan fingerprint density at radius 3 is 2.38 bits per heavy atom. The van der Waals surface area contributed by atoms with Gasteiger partial charge in [0.25, 0.3) is 5.95 Å². The minimum absolute atomic E-state index is 0.263. The molecule has 0 saturated carbocycles. The van der Waals surface area contributed by atoms with Crippen molar-refractivity contribution in [2.24, 2.45) is 0 Å². The second-order valence-corrected chi connectivity index (χ2v) is 7.74. The summed E-state index contributed by atoms with van der Waals surface area (Å²) in [5.41, 5.74) is 4.51. The number of anilines is 3. The molecule has 0 unspecified atom stereocenters. The Bertz CT molecular complexity index is 997. The quantitative estimate of drug-likeness (QED) is 0.437. The minimum atomic E-state index is -0.273. The fourth-order valence-corrected chi connectivity index (χ4v) is 3.73. The Morgan fingerprint density at radius 2 is 1.62 bits per heavy atom. The van der Waals surface area contributed by atoms with E-state index in [1.807, 2.05) is 6.07 Å². The van der Waals surface area contributed by atoms with Crippen molar-refractivity contribution in [1.82, 2.24) is 19.9 Å². The SMILES string of the molecule is CONc1nc(NCc2ccccc2F)nc(NC2CCN(Cc3ccccc3)CC2)n1. The van der Waals surface area contributed by atoms with Crippen molar-refractivity contribution in [2.75, 3.05) is 36.3 Å². The molecule has 0 spiro atoms. The number of rotatable bonds is 9. The van der Waals surface area contributed by atoms with E-state index in [1.54, 1.807) is 18.2 Å². The summed E-state index contributed by atoms with van der Waals surface area (Å²) < 4.78 is 13.9. The normalized spacial score (nSPS) is 14.8. The first-order valence-electron chi connectivity index (χ1n) is 10.7. The molecule has 2 heterocycles. The fourth-order valence-electron chi connectivity index (χ4n) is 3.73. The minimum Gasteiger partial charge on any atom is -0.351 e. The highest BCUT2D eigenvalue weighted by Gasteiger charge is 2.20. The number of aromatic nitrogens is 3. The largest absolute Gasteiger partial charge is 0.351 e. The Kier molecular flexibility index (Phi) is 7.42. The standard InChI is InChI=1S/C23H28FN7O/c1-32-30-23-28-21(25-15-18-9-5-6-10-20(18)24)27-22(29-23)26-19-11-13-31(14-12-19)16-17-7-3-2-4-8-17/h2-10,19H,11-16H2,1H3,(H3,25,26,27,28,29,30). The molecule has 1 aliphatic heterocycles.